The normalized spacial score (nSPS) is 17.6. The van der Waals surface area contributed by atoms with Gasteiger partial charge in [0.05, 0.1) is 11.6 Å². The number of ketones is 1. The number of amides is 1. The molecule has 1 atom stereocenters. The van der Waals surface area contributed by atoms with E-state index in [2.05, 4.69) is 0 Å². The smallest absolute Gasteiger partial charge is 0.294 e. The number of rotatable bonds is 3. The molecule has 0 radical (unpaired) electrons. The second kappa shape index (κ2) is 6.86. The van der Waals surface area contributed by atoms with Gasteiger partial charge < -0.3 is 5.11 Å². The van der Waals surface area contributed by atoms with Gasteiger partial charge >= 0.3 is 0 Å². The first-order chi connectivity index (χ1) is 12.6. The number of aliphatic hydroxyl groups is 1. The Hall–Kier alpha value is -2.59. The number of benzene rings is 2. The Morgan fingerprint density at radius 1 is 1.11 bits per heavy atom. The molecule has 140 valence electrons. The molecular formula is C22H22ClNO3. The highest BCUT2D eigenvalue weighted by molar-refractivity contribution is 6.30. The van der Waals surface area contributed by atoms with Crippen LogP contribution in [0.25, 0.3) is 0 Å². The fourth-order valence-electron chi connectivity index (χ4n) is 3.26. The Bertz CT molecular complexity index is 939. The summed E-state index contributed by atoms with van der Waals surface area (Å²) in [6.07, 6.45) is 0. The van der Waals surface area contributed by atoms with Gasteiger partial charge in [-0.1, -0.05) is 62.2 Å². The van der Waals surface area contributed by atoms with Crippen LogP contribution in [0, 0.1) is 12.3 Å². The summed E-state index contributed by atoms with van der Waals surface area (Å²) >= 11 is 5.98. The van der Waals surface area contributed by atoms with E-state index in [4.69, 9.17) is 11.6 Å². The number of hydrogen-bond acceptors (Lipinski definition) is 3. The Labute approximate surface area is 164 Å². The van der Waals surface area contributed by atoms with E-state index in [9.17, 15) is 14.7 Å². The van der Waals surface area contributed by atoms with Crippen molar-refractivity contribution in [2.75, 3.05) is 4.90 Å². The minimum Gasteiger partial charge on any atom is -0.503 e. The first-order valence-electron chi connectivity index (χ1n) is 8.75. The number of carbonyl (C=O) groups is 2. The van der Waals surface area contributed by atoms with Crippen molar-refractivity contribution in [2.45, 2.75) is 33.7 Å². The fraction of sp³-hybridized carbons (Fsp3) is 0.273. The fourth-order valence-corrected chi connectivity index (χ4v) is 3.39. The number of aliphatic hydroxyl groups excluding tert-OH is 1. The molecule has 1 aliphatic heterocycles. The molecule has 0 fully saturated rings. The summed E-state index contributed by atoms with van der Waals surface area (Å²) in [4.78, 5) is 27.5. The predicted molar refractivity (Wildman–Crippen MR) is 107 cm³/mol. The maximum absolute atomic E-state index is 13.1. The zero-order chi connectivity index (χ0) is 19.9. The standard InChI is InChI=1S/C22H22ClNO3/c1-13-6-5-7-14(12-13)18-17(20(26)22(2,3)4)19(25)21(27)24(18)16-10-8-15(23)9-11-16/h5-12,18,25H,1-4H3. The lowest BCUT2D eigenvalue weighted by Crippen LogP contribution is -2.32. The molecule has 3 rings (SSSR count). The molecule has 2 aromatic rings. The Morgan fingerprint density at radius 2 is 1.74 bits per heavy atom. The molecule has 1 heterocycles. The van der Waals surface area contributed by atoms with Crippen LogP contribution in [-0.4, -0.2) is 16.8 Å². The number of carbonyl (C=O) groups excluding carboxylic acids is 2. The van der Waals surface area contributed by atoms with Gasteiger partial charge in [-0.15, -0.1) is 0 Å². The minimum atomic E-state index is -0.734. The average Bonchev–Trinajstić information content (AvgIpc) is 2.86. The van der Waals surface area contributed by atoms with Crippen LogP contribution in [0.5, 0.6) is 0 Å². The van der Waals surface area contributed by atoms with Crippen molar-refractivity contribution in [3.8, 4) is 0 Å². The third-order valence-corrected chi connectivity index (χ3v) is 4.85. The molecule has 0 saturated carbocycles. The van der Waals surface area contributed by atoms with Gasteiger partial charge in [0.2, 0.25) is 0 Å². The van der Waals surface area contributed by atoms with Gasteiger partial charge in [0.1, 0.15) is 0 Å². The van der Waals surface area contributed by atoms with E-state index in [1.165, 1.54) is 4.90 Å². The quantitative estimate of drug-likeness (QED) is 0.796. The molecule has 0 spiro atoms. The van der Waals surface area contributed by atoms with E-state index in [1.807, 2.05) is 31.2 Å². The van der Waals surface area contributed by atoms with Crippen molar-refractivity contribution in [2.24, 2.45) is 5.41 Å². The van der Waals surface area contributed by atoms with E-state index >= 15 is 0 Å². The van der Waals surface area contributed by atoms with Crippen molar-refractivity contribution >= 4 is 29.0 Å². The number of anilines is 1. The highest BCUT2D eigenvalue weighted by Gasteiger charge is 2.46. The Morgan fingerprint density at radius 3 is 2.30 bits per heavy atom. The first-order valence-corrected chi connectivity index (χ1v) is 9.12. The van der Waals surface area contributed by atoms with E-state index < -0.39 is 23.1 Å². The van der Waals surface area contributed by atoms with E-state index in [-0.39, 0.29) is 11.4 Å². The summed E-state index contributed by atoms with van der Waals surface area (Å²) in [5, 5.41) is 11.2. The molecule has 0 saturated heterocycles. The van der Waals surface area contributed by atoms with Crippen molar-refractivity contribution in [1.29, 1.82) is 0 Å². The van der Waals surface area contributed by atoms with Crippen LogP contribution in [-0.2, 0) is 9.59 Å². The van der Waals surface area contributed by atoms with Gasteiger partial charge in [0.15, 0.2) is 11.5 Å². The number of halogens is 1. The SMILES string of the molecule is Cc1cccc(C2C(C(=O)C(C)(C)C)=C(O)C(=O)N2c2ccc(Cl)cc2)c1. The summed E-state index contributed by atoms with van der Waals surface area (Å²) < 4.78 is 0. The van der Waals surface area contributed by atoms with E-state index in [1.54, 1.807) is 45.0 Å². The van der Waals surface area contributed by atoms with Gasteiger partial charge in [-0.3, -0.25) is 14.5 Å². The number of Topliss-reactive ketones (excluding diaryl/α,β-unsaturated/α-hetero) is 1. The van der Waals surface area contributed by atoms with E-state index in [0.29, 0.717) is 10.7 Å². The topological polar surface area (TPSA) is 57.6 Å². The van der Waals surface area contributed by atoms with Crippen molar-refractivity contribution in [3.63, 3.8) is 0 Å². The summed E-state index contributed by atoms with van der Waals surface area (Å²) in [5.41, 5.74) is 1.74. The lowest BCUT2D eigenvalue weighted by atomic mass is 9.82. The van der Waals surface area contributed by atoms with Gasteiger partial charge in [0.25, 0.3) is 5.91 Å². The van der Waals surface area contributed by atoms with Crippen LogP contribution in [0.4, 0.5) is 5.69 Å². The molecule has 2 aromatic carbocycles. The van der Waals surface area contributed by atoms with Crippen molar-refractivity contribution < 1.29 is 14.7 Å². The lowest BCUT2D eigenvalue weighted by molar-refractivity contribution is -0.123. The predicted octanol–water partition coefficient (Wildman–Crippen LogP) is 5.16. The third kappa shape index (κ3) is 3.50. The zero-order valence-corrected chi connectivity index (χ0v) is 16.5. The highest BCUT2D eigenvalue weighted by Crippen LogP contribution is 2.43. The summed E-state index contributed by atoms with van der Waals surface area (Å²) in [7, 11) is 0. The van der Waals surface area contributed by atoms with Gasteiger partial charge in [0, 0.05) is 16.1 Å². The molecule has 1 unspecified atom stereocenters. The van der Waals surface area contributed by atoms with Crippen LogP contribution in [0.3, 0.4) is 0 Å². The van der Waals surface area contributed by atoms with Crippen LogP contribution in [0.1, 0.15) is 37.9 Å². The van der Waals surface area contributed by atoms with Crippen molar-refractivity contribution in [3.05, 3.63) is 76.0 Å². The van der Waals surface area contributed by atoms with Crippen LogP contribution >= 0.6 is 11.6 Å². The molecule has 0 bridgehead atoms. The van der Waals surface area contributed by atoms with Gasteiger partial charge in [-0.05, 0) is 36.8 Å². The summed E-state index contributed by atoms with van der Waals surface area (Å²) in [6.45, 7) is 7.27. The second-order valence-corrected chi connectivity index (χ2v) is 8.25. The molecule has 5 heteroatoms. The Kier molecular flexibility index (Phi) is 4.87. The highest BCUT2D eigenvalue weighted by atomic mass is 35.5. The third-order valence-electron chi connectivity index (χ3n) is 4.60. The van der Waals surface area contributed by atoms with E-state index in [0.717, 1.165) is 11.1 Å². The molecule has 4 nitrogen and oxygen atoms in total. The second-order valence-electron chi connectivity index (χ2n) is 7.81. The number of hydrogen-bond donors (Lipinski definition) is 1. The largest absolute Gasteiger partial charge is 0.503 e. The monoisotopic (exact) mass is 383 g/mol. The lowest BCUT2D eigenvalue weighted by Gasteiger charge is -2.29. The van der Waals surface area contributed by atoms with Crippen LogP contribution in [0.2, 0.25) is 5.02 Å². The summed E-state index contributed by atoms with van der Waals surface area (Å²) in [5.74, 6) is -1.33. The van der Waals surface area contributed by atoms with Crippen LogP contribution in [0.15, 0.2) is 59.9 Å². The maximum Gasteiger partial charge on any atom is 0.294 e. The molecule has 1 amide bonds. The molecule has 0 aromatic heterocycles. The molecule has 1 N–H and O–H groups in total. The van der Waals surface area contributed by atoms with Crippen LogP contribution < -0.4 is 4.90 Å². The molecule has 0 aliphatic carbocycles. The van der Waals surface area contributed by atoms with Gasteiger partial charge in [-0.25, -0.2) is 0 Å². The molecule has 1 aliphatic rings. The molecular weight excluding hydrogens is 362 g/mol. The Balaban J connectivity index is 2.21. The first kappa shape index (κ1) is 19.2. The zero-order valence-electron chi connectivity index (χ0n) is 15.8. The van der Waals surface area contributed by atoms with Crippen molar-refractivity contribution in [1.82, 2.24) is 0 Å². The summed E-state index contributed by atoms with van der Waals surface area (Å²) in [6, 6.07) is 13.7. The number of nitrogens with zero attached hydrogens (tertiary/aromatic N) is 1. The van der Waals surface area contributed by atoms with Gasteiger partial charge in [-0.2, -0.15) is 0 Å². The number of aryl methyl sites for hydroxylation is 1. The maximum atomic E-state index is 13.1. The minimum absolute atomic E-state index is 0.132. The molecule has 27 heavy (non-hydrogen) atoms. The average molecular weight is 384 g/mol.